The maximum Gasteiger partial charge on any atom is 0.230 e. The molecule has 0 radical (unpaired) electrons. The molecule has 0 aliphatic carbocycles. The van der Waals surface area contributed by atoms with Crippen molar-refractivity contribution in [2.75, 3.05) is 18.6 Å². The van der Waals surface area contributed by atoms with Crippen LogP contribution in [0, 0.1) is 5.92 Å². The van der Waals surface area contributed by atoms with E-state index in [-0.39, 0.29) is 11.8 Å². The number of hydrogen-bond acceptors (Lipinski definition) is 3. The van der Waals surface area contributed by atoms with Gasteiger partial charge >= 0.3 is 0 Å². The zero-order valence-corrected chi connectivity index (χ0v) is 14.1. The number of hydrogen-bond donors (Lipinski definition) is 0. The summed E-state index contributed by atoms with van der Waals surface area (Å²) in [7, 11) is 1.81. The first-order chi connectivity index (χ1) is 10.5. The standard InChI is InChI=1S/C17H25N3O2/c1-6-11-22-14-9-8-10-20-15(14)18-13(7-2)16(20)19(5)17(21)12(3)4/h8-10,12H,6-7,11H2,1-5H3. The van der Waals surface area contributed by atoms with E-state index in [9.17, 15) is 4.79 Å². The number of anilines is 1. The third-order valence-electron chi connectivity index (χ3n) is 3.60. The van der Waals surface area contributed by atoms with Crippen molar-refractivity contribution in [3.63, 3.8) is 0 Å². The van der Waals surface area contributed by atoms with Crippen LogP contribution >= 0.6 is 0 Å². The summed E-state index contributed by atoms with van der Waals surface area (Å²) in [6.45, 7) is 8.59. The fourth-order valence-corrected chi connectivity index (χ4v) is 2.49. The molecule has 0 aliphatic heterocycles. The van der Waals surface area contributed by atoms with Gasteiger partial charge in [-0.3, -0.25) is 14.1 Å². The van der Waals surface area contributed by atoms with Crippen molar-refractivity contribution >= 4 is 17.4 Å². The highest BCUT2D eigenvalue weighted by molar-refractivity contribution is 5.94. The van der Waals surface area contributed by atoms with Crippen LogP contribution in [0.15, 0.2) is 18.3 Å². The number of imidazole rings is 1. The molecule has 22 heavy (non-hydrogen) atoms. The van der Waals surface area contributed by atoms with Crippen LogP contribution in [0.1, 0.15) is 39.8 Å². The topological polar surface area (TPSA) is 46.8 Å². The van der Waals surface area contributed by atoms with Crippen molar-refractivity contribution in [2.45, 2.75) is 40.5 Å². The van der Waals surface area contributed by atoms with Crippen LogP contribution in [-0.2, 0) is 11.2 Å². The number of nitrogens with zero attached hydrogens (tertiary/aromatic N) is 3. The van der Waals surface area contributed by atoms with Gasteiger partial charge in [0.05, 0.1) is 12.3 Å². The summed E-state index contributed by atoms with van der Waals surface area (Å²) in [5.74, 6) is 1.62. The van der Waals surface area contributed by atoms with Crippen molar-refractivity contribution in [1.29, 1.82) is 0 Å². The van der Waals surface area contributed by atoms with Crippen LogP contribution in [-0.4, -0.2) is 28.9 Å². The molecule has 2 rings (SSSR count). The van der Waals surface area contributed by atoms with E-state index >= 15 is 0 Å². The monoisotopic (exact) mass is 303 g/mol. The molecule has 120 valence electrons. The van der Waals surface area contributed by atoms with Gasteiger partial charge in [-0.25, -0.2) is 4.98 Å². The third-order valence-corrected chi connectivity index (χ3v) is 3.60. The lowest BCUT2D eigenvalue weighted by molar-refractivity contribution is -0.121. The maximum absolute atomic E-state index is 12.4. The number of amides is 1. The second kappa shape index (κ2) is 6.81. The predicted molar refractivity (Wildman–Crippen MR) is 88.6 cm³/mol. The van der Waals surface area contributed by atoms with Gasteiger partial charge in [0.15, 0.2) is 11.4 Å². The van der Waals surface area contributed by atoms with E-state index in [0.29, 0.717) is 6.61 Å². The summed E-state index contributed by atoms with van der Waals surface area (Å²) in [5, 5.41) is 0. The molecule has 0 bridgehead atoms. The molecule has 0 atom stereocenters. The van der Waals surface area contributed by atoms with Crippen LogP contribution in [0.3, 0.4) is 0 Å². The largest absolute Gasteiger partial charge is 0.490 e. The molecule has 0 N–H and O–H groups in total. The highest BCUT2D eigenvalue weighted by Crippen LogP contribution is 2.28. The minimum atomic E-state index is -0.0558. The summed E-state index contributed by atoms with van der Waals surface area (Å²) >= 11 is 0. The zero-order chi connectivity index (χ0) is 16.3. The second-order valence-electron chi connectivity index (χ2n) is 5.70. The summed E-state index contributed by atoms with van der Waals surface area (Å²) < 4.78 is 7.73. The van der Waals surface area contributed by atoms with Crippen LogP contribution in [0.5, 0.6) is 5.75 Å². The number of carbonyl (C=O) groups is 1. The molecule has 0 saturated heterocycles. The molecule has 2 aromatic rings. The Balaban J connectivity index is 2.56. The molecule has 0 aromatic carbocycles. The number of ether oxygens (including phenoxy) is 1. The Labute approximate surface area is 131 Å². The number of fused-ring (bicyclic) bond motifs is 1. The third kappa shape index (κ3) is 2.93. The predicted octanol–water partition coefficient (Wildman–Crippen LogP) is 3.30. The Morgan fingerprint density at radius 1 is 1.41 bits per heavy atom. The minimum Gasteiger partial charge on any atom is -0.490 e. The van der Waals surface area contributed by atoms with Crippen LogP contribution < -0.4 is 9.64 Å². The molecule has 5 heteroatoms. The molecular formula is C17H25N3O2. The molecule has 0 unspecified atom stereocenters. The average Bonchev–Trinajstić information content (AvgIpc) is 2.90. The van der Waals surface area contributed by atoms with Gasteiger partial charge < -0.3 is 4.74 Å². The van der Waals surface area contributed by atoms with Crippen molar-refractivity contribution in [3.05, 3.63) is 24.0 Å². The van der Waals surface area contributed by atoms with Gasteiger partial charge in [0.25, 0.3) is 0 Å². The Morgan fingerprint density at radius 3 is 2.73 bits per heavy atom. The highest BCUT2D eigenvalue weighted by Gasteiger charge is 2.23. The van der Waals surface area contributed by atoms with E-state index in [1.54, 1.807) is 4.90 Å². The quantitative estimate of drug-likeness (QED) is 0.822. The van der Waals surface area contributed by atoms with Gasteiger partial charge in [-0.2, -0.15) is 0 Å². The first-order valence-corrected chi connectivity index (χ1v) is 7.91. The molecule has 5 nitrogen and oxygen atoms in total. The second-order valence-corrected chi connectivity index (χ2v) is 5.70. The maximum atomic E-state index is 12.4. The van der Waals surface area contributed by atoms with Gasteiger partial charge in [-0.15, -0.1) is 0 Å². The SMILES string of the molecule is CCCOc1cccn2c(N(C)C(=O)C(C)C)c(CC)nc12. The first-order valence-electron chi connectivity index (χ1n) is 7.91. The van der Waals surface area contributed by atoms with Crippen molar-refractivity contribution < 1.29 is 9.53 Å². The Kier molecular flexibility index (Phi) is 5.06. The van der Waals surface area contributed by atoms with Crippen LogP contribution in [0.25, 0.3) is 5.65 Å². The lowest BCUT2D eigenvalue weighted by Crippen LogP contribution is -2.31. The minimum absolute atomic E-state index is 0.0558. The Morgan fingerprint density at radius 2 is 2.14 bits per heavy atom. The molecule has 0 aliphatic rings. The summed E-state index contributed by atoms with van der Waals surface area (Å²) in [4.78, 5) is 18.8. The van der Waals surface area contributed by atoms with Crippen LogP contribution in [0.4, 0.5) is 5.82 Å². The Bertz CT molecular complexity index is 661. The van der Waals surface area contributed by atoms with E-state index in [4.69, 9.17) is 9.72 Å². The average molecular weight is 303 g/mol. The molecule has 0 spiro atoms. The molecule has 1 amide bonds. The first kappa shape index (κ1) is 16.3. The fourth-order valence-electron chi connectivity index (χ4n) is 2.49. The van der Waals surface area contributed by atoms with Gasteiger partial charge in [0, 0.05) is 19.2 Å². The van der Waals surface area contributed by atoms with Gasteiger partial charge in [0.2, 0.25) is 5.91 Å². The number of aryl methyl sites for hydroxylation is 1. The molecular weight excluding hydrogens is 278 g/mol. The summed E-state index contributed by atoms with van der Waals surface area (Å²) in [5.41, 5.74) is 1.68. The number of rotatable bonds is 6. The molecule has 0 saturated carbocycles. The number of pyridine rings is 1. The van der Waals surface area contributed by atoms with E-state index in [0.717, 1.165) is 35.8 Å². The number of aromatic nitrogens is 2. The lowest BCUT2D eigenvalue weighted by atomic mass is 10.2. The van der Waals surface area contributed by atoms with Crippen molar-refractivity contribution in [3.8, 4) is 5.75 Å². The van der Waals surface area contributed by atoms with E-state index < -0.39 is 0 Å². The smallest absolute Gasteiger partial charge is 0.230 e. The highest BCUT2D eigenvalue weighted by atomic mass is 16.5. The van der Waals surface area contributed by atoms with Gasteiger partial charge in [0.1, 0.15) is 5.82 Å². The van der Waals surface area contributed by atoms with E-state index in [1.807, 2.05) is 50.5 Å². The summed E-state index contributed by atoms with van der Waals surface area (Å²) in [6.07, 6.45) is 3.64. The zero-order valence-electron chi connectivity index (χ0n) is 14.1. The Hall–Kier alpha value is -2.04. The lowest BCUT2D eigenvalue weighted by Gasteiger charge is -2.20. The molecule has 2 aromatic heterocycles. The van der Waals surface area contributed by atoms with E-state index in [2.05, 4.69) is 6.92 Å². The number of carbonyl (C=O) groups excluding carboxylic acids is 1. The van der Waals surface area contributed by atoms with E-state index in [1.165, 1.54) is 0 Å². The molecule has 2 heterocycles. The van der Waals surface area contributed by atoms with Crippen LogP contribution in [0.2, 0.25) is 0 Å². The van der Waals surface area contributed by atoms with Crippen molar-refractivity contribution in [1.82, 2.24) is 9.38 Å². The van der Waals surface area contributed by atoms with Crippen molar-refractivity contribution in [2.24, 2.45) is 5.92 Å². The normalized spacial score (nSPS) is 11.2. The van der Waals surface area contributed by atoms with Gasteiger partial charge in [-0.1, -0.05) is 27.7 Å². The summed E-state index contributed by atoms with van der Waals surface area (Å²) in [6, 6.07) is 3.85. The fraction of sp³-hybridized carbons (Fsp3) is 0.529. The molecule has 0 fully saturated rings. The van der Waals surface area contributed by atoms with Gasteiger partial charge in [-0.05, 0) is 25.0 Å².